The third-order valence-corrected chi connectivity index (χ3v) is 14.2. The molecule has 0 radical (unpaired) electrons. The van der Waals surface area contributed by atoms with Crippen LogP contribution in [0.25, 0.3) is 0 Å². The molecule has 0 bridgehead atoms. The Labute approximate surface area is 431 Å². The van der Waals surface area contributed by atoms with E-state index in [4.69, 9.17) is 0 Å². The predicted octanol–water partition coefficient (Wildman–Crippen LogP) is 3.11. The molecule has 0 aliphatic carbocycles. The number of aromatic hydroxyl groups is 4. The summed E-state index contributed by atoms with van der Waals surface area (Å²) in [6, 6.07) is 14.5. The lowest BCUT2D eigenvalue weighted by Crippen LogP contribution is -2.70. The number of nitrogens with zero attached hydrogens (tertiary/aromatic N) is 3. The number of carbonyl (C=O) groups excluding carboxylic acids is 8. The fourth-order valence-corrected chi connectivity index (χ4v) is 10.2. The number of phenolic OH excluding ortho intramolecular Hbond substituents is 4. The second-order valence-electron chi connectivity index (χ2n) is 18.5. The summed E-state index contributed by atoms with van der Waals surface area (Å²) in [5.74, 6) is -8.28. The molecule has 10 N–H and O–H groups in total. The highest BCUT2D eigenvalue weighted by molar-refractivity contribution is 8.01. The highest BCUT2D eigenvalue weighted by Gasteiger charge is 2.64. The summed E-state index contributed by atoms with van der Waals surface area (Å²) in [5, 5.41) is 70.3. The van der Waals surface area contributed by atoms with Gasteiger partial charge in [-0.05, 0) is 82.2 Å². The zero-order valence-corrected chi connectivity index (χ0v) is 42.1. The fraction of sp³-hybridized carbons (Fsp3) is 0.471. The lowest BCUT2D eigenvalue weighted by atomic mass is 9.90. The van der Waals surface area contributed by atoms with Crippen LogP contribution in [-0.2, 0) is 33.6 Å². The SMILES string of the molecule is CC1(C)SC2[C@H](NC(=O)[C@H](CC(=O)CCC(=O)N(O)CCCCCNC(=O)CCC(=O)N(CCCCNC(=O)c3cccc(O)c3O)CCCNC(=O)c3cccc(O)c3O)c3ccccc3)C(=O)N2[C@H]1C(=O)O. The summed E-state index contributed by atoms with van der Waals surface area (Å²) in [6.07, 6.45) is 1.46. The molecule has 22 nitrogen and oxygen atoms in total. The molecular weight excluding hydrogens is 983 g/mol. The fourth-order valence-electron chi connectivity index (χ4n) is 8.62. The number of carbonyl (C=O) groups is 9. The first-order chi connectivity index (χ1) is 35.2. The third-order valence-electron chi connectivity index (χ3n) is 12.7. The molecule has 5 rings (SSSR count). The van der Waals surface area contributed by atoms with Gasteiger partial charge in [0.1, 0.15) is 23.2 Å². The maximum Gasteiger partial charge on any atom is 0.327 e. The second kappa shape index (κ2) is 27.1. The molecule has 1 unspecified atom stereocenters. The van der Waals surface area contributed by atoms with Gasteiger partial charge >= 0.3 is 5.97 Å². The number of Topliss-reactive ketones (excluding diaryl/α,β-unsaturated/α-hetero) is 1. The van der Waals surface area contributed by atoms with Gasteiger partial charge < -0.3 is 56.6 Å². The molecule has 3 aromatic carbocycles. The highest BCUT2D eigenvalue weighted by atomic mass is 32.2. The molecule has 0 spiro atoms. The van der Waals surface area contributed by atoms with Crippen molar-refractivity contribution in [3.63, 3.8) is 0 Å². The molecule has 0 aromatic heterocycles. The van der Waals surface area contributed by atoms with E-state index in [0.29, 0.717) is 49.2 Å². The number of amides is 7. The number of ketones is 1. The number of fused-ring (bicyclic) bond motifs is 1. The topological polar surface area (TPSA) is 333 Å². The Morgan fingerprint density at radius 1 is 0.662 bits per heavy atom. The van der Waals surface area contributed by atoms with Crippen LogP contribution in [0.4, 0.5) is 0 Å². The van der Waals surface area contributed by atoms with E-state index in [2.05, 4.69) is 21.3 Å². The molecule has 4 atom stereocenters. The molecule has 7 amide bonds. The summed E-state index contributed by atoms with van der Waals surface area (Å²) < 4.78 is -0.791. The quantitative estimate of drug-likeness (QED) is 0.0157. The predicted molar refractivity (Wildman–Crippen MR) is 268 cm³/mol. The Morgan fingerprint density at radius 2 is 1.22 bits per heavy atom. The molecule has 3 aromatic rings. The number of nitrogens with one attached hydrogen (secondary N) is 4. The van der Waals surface area contributed by atoms with Crippen molar-refractivity contribution in [2.75, 3.05) is 39.3 Å². The van der Waals surface area contributed by atoms with Crippen LogP contribution >= 0.6 is 11.8 Å². The largest absolute Gasteiger partial charge is 0.504 e. The Bertz CT molecular complexity index is 2530. The second-order valence-corrected chi connectivity index (χ2v) is 20.3. The molecular formula is C51H65N7O15S. The van der Waals surface area contributed by atoms with Crippen molar-refractivity contribution in [2.45, 2.75) is 113 Å². The number of unbranched alkanes of at least 4 members (excludes halogenated alkanes) is 3. The molecule has 74 heavy (non-hydrogen) atoms. The molecule has 2 aliphatic rings. The Kier molecular flexibility index (Phi) is 21.0. The zero-order chi connectivity index (χ0) is 54.1. The van der Waals surface area contributed by atoms with E-state index < -0.39 is 92.4 Å². The lowest BCUT2D eigenvalue weighted by Gasteiger charge is -2.44. The summed E-state index contributed by atoms with van der Waals surface area (Å²) >= 11 is 1.28. The van der Waals surface area contributed by atoms with Crippen molar-refractivity contribution < 1.29 is 73.9 Å². The van der Waals surface area contributed by atoms with Gasteiger partial charge in [0.25, 0.3) is 11.8 Å². The van der Waals surface area contributed by atoms with E-state index in [9.17, 15) is 73.9 Å². The number of phenols is 4. The summed E-state index contributed by atoms with van der Waals surface area (Å²) in [6.45, 7) is 4.43. The molecule has 0 saturated carbocycles. The first-order valence-electron chi connectivity index (χ1n) is 24.4. The van der Waals surface area contributed by atoms with Crippen LogP contribution in [-0.4, -0.2) is 160 Å². The van der Waals surface area contributed by atoms with Crippen molar-refractivity contribution in [2.24, 2.45) is 0 Å². The average Bonchev–Trinajstić information content (AvgIpc) is 3.63. The molecule has 23 heteroatoms. The van der Waals surface area contributed by atoms with Gasteiger partial charge in [-0.1, -0.05) is 42.5 Å². The van der Waals surface area contributed by atoms with Crippen molar-refractivity contribution >= 4 is 64.9 Å². The number of thioether (sulfide) groups is 1. The van der Waals surface area contributed by atoms with Gasteiger partial charge in [-0.15, -0.1) is 11.8 Å². The number of aliphatic carboxylic acids is 1. The lowest BCUT2D eigenvalue weighted by molar-refractivity contribution is -0.166. The van der Waals surface area contributed by atoms with Gasteiger partial charge in [0, 0.05) is 76.1 Å². The van der Waals surface area contributed by atoms with E-state index in [-0.39, 0.29) is 94.3 Å². The molecule has 2 fully saturated rings. The van der Waals surface area contributed by atoms with Gasteiger partial charge in [0.2, 0.25) is 29.5 Å². The molecule has 400 valence electrons. The number of carboxylic acid groups (broad SMARTS) is 1. The maximum atomic E-state index is 13.6. The Hall–Kier alpha value is -7.40. The number of benzene rings is 3. The van der Waals surface area contributed by atoms with E-state index in [0.717, 1.165) is 0 Å². The highest BCUT2D eigenvalue weighted by Crippen LogP contribution is 2.51. The summed E-state index contributed by atoms with van der Waals surface area (Å²) in [5.41, 5.74) is 0.297. The third kappa shape index (κ3) is 15.6. The summed E-state index contributed by atoms with van der Waals surface area (Å²) in [4.78, 5) is 118. The minimum atomic E-state index is -1.14. The van der Waals surface area contributed by atoms with Crippen LogP contribution in [0.1, 0.15) is 117 Å². The zero-order valence-electron chi connectivity index (χ0n) is 41.3. The number of carboxylic acids is 1. The van der Waals surface area contributed by atoms with Gasteiger partial charge in [0.15, 0.2) is 23.0 Å². The van der Waals surface area contributed by atoms with Crippen LogP contribution in [0, 0.1) is 0 Å². The molecule has 2 heterocycles. The minimum Gasteiger partial charge on any atom is -0.504 e. The van der Waals surface area contributed by atoms with Crippen molar-refractivity contribution in [3.8, 4) is 23.0 Å². The summed E-state index contributed by atoms with van der Waals surface area (Å²) in [7, 11) is 0. The van der Waals surface area contributed by atoms with Crippen LogP contribution in [0.15, 0.2) is 66.7 Å². The van der Waals surface area contributed by atoms with E-state index in [1.54, 1.807) is 44.2 Å². The van der Waals surface area contributed by atoms with E-state index in [1.165, 1.54) is 58.0 Å². The van der Waals surface area contributed by atoms with Crippen LogP contribution in [0.2, 0.25) is 0 Å². The van der Waals surface area contributed by atoms with E-state index in [1.807, 2.05) is 0 Å². The number of rotatable bonds is 29. The smallest absolute Gasteiger partial charge is 0.327 e. The number of hydrogen-bond donors (Lipinski definition) is 10. The molecule has 2 aliphatic heterocycles. The van der Waals surface area contributed by atoms with E-state index >= 15 is 0 Å². The van der Waals surface area contributed by atoms with Crippen molar-refractivity contribution in [1.82, 2.24) is 36.1 Å². The monoisotopic (exact) mass is 1050 g/mol. The van der Waals surface area contributed by atoms with Gasteiger partial charge in [-0.25, -0.2) is 9.86 Å². The number of para-hydroxylation sites is 2. The first-order valence-corrected chi connectivity index (χ1v) is 25.3. The standard InChI is InChI=1S/C51H65N7O15S/c1-51(2)44(50(71)72)58-48(70)41(49(58)74-51)55-47(69)35(31-14-5-3-6-15-31)30-32(59)20-22-40(64)57(73)29-9-4-7-24-52-38(62)21-23-39(63)56(28-13-26-54-46(68)34-17-12-19-37(61)43(34)66)27-10-8-25-53-45(67)33-16-11-18-36(60)42(33)65/h3,5-6,11-12,14-19,35,41,44,49,60-61,65-66,73H,4,7-10,13,20-30H2,1-2H3,(H,52,62)(H,53,67)(H,54,68)(H,55,69)(H,71,72)/t35-,41-,44+,49?/m1/s1. The number of β-lactam (4-membered cyclic amide) rings is 1. The van der Waals surface area contributed by atoms with Crippen LogP contribution < -0.4 is 21.3 Å². The first kappa shape index (κ1) is 57.5. The van der Waals surface area contributed by atoms with Crippen molar-refractivity contribution in [3.05, 3.63) is 83.4 Å². The Morgan fingerprint density at radius 3 is 1.84 bits per heavy atom. The maximum absolute atomic E-state index is 13.6. The minimum absolute atomic E-state index is 0.0406. The molecule has 2 saturated heterocycles. The van der Waals surface area contributed by atoms with Gasteiger partial charge in [0.05, 0.1) is 17.0 Å². The number of hydroxylamine groups is 2. The van der Waals surface area contributed by atoms with Crippen LogP contribution in [0.5, 0.6) is 23.0 Å². The van der Waals surface area contributed by atoms with Gasteiger partial charge in [-0.2, -0.15) is 0 Å². The van der Waals surface area contributed by atoms with Gasteiger partial charge in [-0.3, -0.25) is 43.6 Å². The Balaban J connectivity index is 0.989. The van der Waals surface area contributed by atoms with Crippen molar-refractivity contribution in [1.29, 1.82) is 0 Å². The normalized spacial score (nSPS) is 16.7. The number of hydrogen-bond acceptors (Lipinski definition) is 15. The van der Waals surface area contributed by atoms with Crippen LogP contribution in [0.3, 0.4) is 0 Å². The average molecular weight is 1050 g/mol.